The Hall–Kier alpha value is -0.0000000000000000139. The number of hydroxylamine groups is 2. The Kier molecular flexibility index (Phi) is 4.62. The number of halogens is 1. The molecule has 0 spiro atoms. The summed E-state index contributed by atoms with van der Waals surface area (Å²) in [5.41, 5.74) is -1.36. The van der Waals surface area contributed by atoms with Crippen LogP contribution in [0.1, 0.15) is 47.5 Å². The van der Waals surface area contributed by atoms with E-state index in [9.17, 15) is 14.0 Å². The van der Waals surface area contributed by atoms with Gasteiger partial charge in [-0.3, -0.25) is 9.05 Å². The minimum atomic E-state index is -4.51. The Morgan fingerprint density at radius 2 is 1.72 bits per heavy atom. The van der Waals surface area contributed by atoms with Gasteiger partial charge >= 0.3 is 7.91 Å². The Morgan fingerprint density at radius 3 is 2.11 bits per heavy atom. The monoisotopic (exact) mass is 282 g/mol. The summed E-state index contributed by atoms with van der Waals surface area (Å²) in [5, 5.41) is 13.1. The van der Waals surface area contributed by atoms with Crippen molar-refractivity contribution in [1.29, 1.82) is 0 Å². The van der Waals surface area contributed by atoms with E-state index < -0.39 is 25.1 Å². The van der Waals surface area contributed by atoms with Crippen molar-refractivity contribution in [2.75, 3.05) is 6.61 Å². The van der Waals surface area contributed by atoms with Crippen molar-refractivity contribution in [2.45, 2.75) is 64.6 Å². The van der Waals surface area contributed by atoms with Gasteiger partial charge in [-0.05, 0) is 47.5 Å². The molecule has 107 valence electrons. The lowest BCUT2D eigenvalue weighted by molar-refractivity contribution is -0.297. The van der Waals surface area contributed by atoms with Crippen LogP contribution in [0.3, 0.4) is 0 Å². The molecule has 1 saturated heterocycles. The van der Waals surface area contributed by atoms with Crippen LogP contribution in [0.5, 0.6) is 0 Å². The number of piperidine rings is 1. The fraction of sp³-hybridized carbons (Fsp3) is 1.00. The Morgan fingerprint density at radius 1 is 1.28 bits per heavy atom. The average Bonchev–Trinajstić information content (AvgIpc) is 2.11. The van der Waals surface area contributed by atoms with E-state index in [0.717, 1.165) is 5.06 Å². The van der Waals surface area contributed by atoms with Crippen LogP contribution in [0, 0.1) is 0 Å². The molecular weight excluding hydrogens is 260 g/mol. The summed E-state index contributed by atoms with van der Waals surface area (Å²) >= 11 is 0. The average molecular weight is 282 g/mol. The van der Waals surface area contributed by atoms with Crippen molar-refractivity contribution in [1.82, 2.24) is 5.06 Å². The van der Waals surface area contributed by atoms with Gasteiger partial charge in [0.25, 0.3) is 0 Å². The molecule has 1 atom stereocenters. The molecule has 0 bridgehead atoms. The van der Waals surface area contributed by atoms with Gasteiger partial charge in [-0.25, -0.2) is 4.57 Å². The number of hydrogen-bond donors (Lipinski definition) is 0. The fourth-order valence-corrected chi connectivity index (χ4v) is 3.48. The minimum Gasteiger partial charge on any atom is -0.284 e. The highest BCUT2D eigenvalue weighted by molar-refractivity contribution is 7.48. The van der Waals surface area contributed by atoms with Gasteiger partial charge in [0.1, 0.15) is 0 Å². The predicted octanol–water partition coefficient (Wildman–Crippen LogP) is 3.48. The van der Waals surface area contributed by atoms with Crippen molar-refractivity contribution in [2.24, 2.45) is 0 Å². The van der Waals surface area contributed by atoms with E-state index in [1.807, 2.05) is 0 Å². The third kappa shape index (κ3) is 3.75. The van der Waals surface area contributed by atoms with Gasteiger partial charge in [-0.1, -0.05) is 0 Å². The van der Waals surface area contributed by atoms with Crippen molar-refractivity contribution < 1.29 is 23.0 Å². The lowest BCUT2D eigenvalue weighted by atomic mass is 9.80. The van der Waals surface area contributed by atoms with Crippen LogP contribution < -0.4 is 0 Å². The van der Waals surface area contributed by atoms with Gasteiger partial charge < -0.3 is 0 Å². The highest BCUT2D eigenvalue weighted by Gasteiger charge is 2.48. The molecule has 18 heavy (non-hydrogen) atoms. The van der Waals surface area contributed by atoms with Gasteiger partial charge in [0.15, 0.2) is 0 Å². The van der Waals surface area contributed by atoms with Gasteiger partial charge in [0.05, 0.1) is 12.7 Å². The molecule has 1 unspecified atom stereocenters. The quantitative estimate of drug-likeness (QED) is 0.741. The number of nitrogens with zero attached hydrogens (tertiary/aromatic N) is 1. The standard InChI is InChI=1S/C11H22FNO4P/c1-6-16-18(12,15)17-9-7-10(2,3)13(14)11(4,5)8-9/h9H,6-8H2,1-5H3. The molecule has 1 rings (SSSR count). The third-order valence-electron chi connectivity index (χ3n) is 3.11. The van der Waals surface area contributed by atoms with E-state index in [0.29, 0.717) is 12.8 Å². The Balaban J connectivity index is 2.78. The zero-order valence-electron chi connectivity index (χ0n) is 11.6. The molecule has 1 radical (unpaired) electrons. The molecule has 0 aromatic heterocycles. The summed E-state index contributed by atoms with van der Waals surface area (Å²) in [6.07, 6.45) is 0.0598. The van der Waals surface area contributed by atoms with Gasteiger partial charge in [-0.15, -0.1) is 14.5 Å². The smallest absolute Gasteiger partial charge is 0.284 e. The molecule has 7 heteroatoms. The zero-order valence-corrected chi connectivity index (χ0v) is 12.5. The SMILES string of the molecule is CCOP(=O)(F)OC1CC(C)(C)N([O])C(C)(C)C1. The maximum absolute atomic E-state index is 13.5. The van der Waals surface area contributed by atoms with E-state index in [1.54, 1.807) is 34.6 Å². The van der Waals surface area contributed by atoms with E-state index in [4.69, 9.17) is 4.52 Å². The first kappa shape index (κ1) is 16.1. The highest BCUT2D eigenvalue weighted by atomic mass is 31.2. The predicted molar refractivity (Wildman–Crippen MR) is 65.1 cm³/mol. The van der Waals surface area contributed by atoms with Crippen LogP contribution in [0.15, 0.2) is 0 Å². The first-order valence-electron chi connectivity index (χ1n) is 6.10. The largest absolute Gasteiger partial charge is 0.513 e. The van der Waals surface area contributed by atoms with Crippen molar-refractivity contribution in [3.05, 3.63) is 0 Å². The second kappa shape index (κ2) is 5.17. The summed E-state index contributed by atoms with van der Waals surface area (Å²) in [7, 11) is -4.51. The van der Waals surface area contributed by atoms with Crippen LogP contribution in [-0.4, -0.2) is 28.9 Å². The maximum Gasteiger partial charge on any atom is 0.513 e. The summed E-state index contributed by atoms with van der Waals surface area (Å²) in [5.74, 6) is 0. The fourth-order valence-electron chi connectivity index (χ4n) is 2.61. The van der Waals surface area contributed by atoms with Crippen LogP contribution in [0.2, 0.25) is 0 Å². The van der Waals surface area contributed by atoms with Gasteiger partial charge in [-0.2, -0.15) is 0 Å². The van der Waals surface area contributed by atoms with Crippen LogP contribution in [-0.2, 0) is 18.8 Å². The molecule has 0 aromatic rings. The summed E-state index contributed by atoms with van der Waals surface area (Å²) in [6, 6.07) is 0. The van der Waals surface area contributed by atoms with Crippen molar-refractivity contribution in [3.8, 4) is 0 Å². The molecule has 5 nitrogen and oxygen atoms in total. The lowest BCUT2D eigenvalue weighted by Gasteiger charge is -2.49. The summed E-state index contributed by atoms with van der Waals surface area (Å²) in [4.78, 5) is 0. The molecule has 0 aromatic carbocycles. The number of hydrogen-bond acceptors (Lipinski definition) is 4. The van der Waals surface area contributed by atoms with Gasteiger partial charge in [0, 0.05) is 11.1 Å². The molecule has 0 saturated carbocycles. The van der Waals surface area contributed by atoms with Crippen LogP contribution in [0.4, 0.5) is 4.20 Å². The van der Waals surface area contributed by atoms with Gasteiger partial charge in [0.2, 0.25) is 0 Å². The topological polar surface area (TPSA) is 58.7 Å². The second-order valence-corrected chi connectivity index (χ2v) is 7.23. The minimum absolute atomic E-state index is 0.0129. The molecule has 1 heterocycles. The molecule has 0 N–H and O–H groups in total. The van der Waals surface area contributed by atoms with E-state index >= 15 is 0 Å². The van der Waals surface area contributed by atoms with E-state index in [1.165, 1.54) is 0 Å². The first-order chi connectivity index (χ1) is 8.00. The lowest BCUT2D eigenvalue weighted by Crippen LogP contribution is -2.59. The Labute approximate surface area is 108 Å². The first-order valence-corrected chi connectivity index (χ1v) is 7.54. The van der Waals surface area contributed by atoms with Crippen LogP contribution >= 0.6 is 7.91 Å². The molecule has 0 amide bonds. The van der Waals surface area contributed by atoms with Crippen LogP contribution in [0.25, 0.3) is 0 Å². The molecular formula is C11H22FNO4P. The molecule has 0 aliphatic carbocycles. The number of rotatable bonds is 4. The molecule has 1 fully saturated rings. The molecule has 1 aliphatic heterocycles. The van der Waals surface area contributed by atoms with E-state index in [-0.39, 0.29) is 6.61 Å². The Bertz CT molecular complexity index is 330. The summed E-state index contributed by atoms with van der Waals surface area (Å²) in [6.45, 7) is 8.59. The third-order valence-corrected chi connectivity index (χ3v) is 4.23. The van der Waals surface area contributed by atoms with Crippen molar-refractivity contribution >= 4 is 7.91 Å². The maximum atomic E-state index is 13.5. The van der Waals surface area contributed by atoms with E-state index in [2.05, 4.69) is 4.52 Å². The zero-order chi connectivity index (χ0) is 14.2. The second-order valence-electron chi connectivity index (χ2n) is 5.90. The summed E-state index contributed by atoms with van der Waals surface area (Å²) < 4.78 is 34.3. The highest BCUT2D eigenvalue weighted by Crippen LogP contribution is 2.53. The molecule has 1 aliphatic rings. The van der Waals surface area contributed by atoms with Crippen molar-refractivity contribution in [3.63, 3.8) is 0 Å². The normalized spacial score (nSPS) is 27.9.